The third-order valence-corrected chi connectivity index (χ3v) is 3.72. The van der Waals surface area contributed by atoms with Gasteiger partial charge in [-0.05, 0) is 49.5 Å². The van der Waals surface area contributed by atoms with E-state index < -0.39 is 11.7 Å². The lowest BCUT2D eigenvalue weighted by Crippen LogP contribution is -2.42. The number of benzene rings is 1. The van der Waals surface area contributed by atoms with Crippen LogP contribution in [0.1, 0.15) is 23.7 Å². The van der Waals surface area contributed by atoms with Crippen molar-refractivity contribution in [3.8, 4) is 5.75 Å². The Morgan fingerprint density at radius 2 is 2.37 bits per heavy atom. The summed E-state index contributed by atoms with van der Waals surface area (Å²) in [6.07, 6.45) is 1.09. The summed E-state index contributed by atoms with van der Waals surface area (Å²) in [5.41, 5.74) is -0.0172. The van der Waals surface area contributed by atoms with E-state index in [0.29, 0.717) is 18.4 Å². The van der Waals surface area contributed by atoms with E-state index in [0.717, 1.165) is 31.6 Å². The molecular formula is C14H19FN2O2. The van der Waals surface area contributed by atoms with Gasteiger partial charge in [-0.2, -0.15) is 0 Å². The minimum atomic E-state index is -0.532. The number of phenols is 1. The first-order chi connectivity index (χ1) is 9.08. The molecule has 3 N–H and O–H groups in total. The molecular weight excluding hydrogens is 247 g/mol. The van der Waals surface area contributed by atoms with Crippen LogP contribution in [-0.2, 0) is 0 Å². The second kappa shape index (κ2) is 6.02. The molecule has 1 fully saturated rings. The normalized spacial score (nSPS) is 23.1. The number of halogens is 1. The Morgan fingerprint density at radius 3 is 3.11 bits per heavy atom. The highest BCUT2D eigenvalue weighted by Gasteiger charge is 2.22. The maximum absolute atomic E-state index is 13.1. The summed E-state index contributed by atoms with van der Waals surface area (Å²) in [6, 6.07) is 3.36. The van der Waals surface area contributed by atoms with Gasteiger partial charge in [0.25, 0.3) is 5.91 Å². The lowest BCUT2D eigenvalue weighted by molar-refractivity contribution is 0.0935. The van der Waals surface area contributed by atoms with Gasteiger partial charge in [0.15, 0.2) is 0 Å². The van der Waals surface area contributed by atoms with E-state index in [1.54, 1.807) is 0 Å². The van der Waals surface area contributed by atoms with Gasteiger partial charge in [0, 0.05) is 6.54 Å². The molecule has 1 aliphatic heterocycles. The number of phenolic OH excluding ortho intramolecular Hbond substituents is 1. The molecule has 1 amide bonds. The van der Waals surface area contributed by atoms with Crippen molar-refractivity contribution in [2.24, 2.45) is 11.8 Å². The molecule has 4 nitrogen and oxygen atoms in total. The molecule has 19 heavy (non-hydrogen) atoms. The van der Waals surface area contributed by atoms with E-state index in [9.17, 15) is 14.3 Å². The second-order valence-electron chi connectivity index (χ2n) is 5.10. The fourth-order valence-electron chi connectivity index (χ4n) is 2.34. The molecule has 5 heteroatoms. The fourth-order valence-corrected chi connectivity index (χ4v) is 2.34. The molecule has 0 aromatic heterocycles. The van der Waals surface area contributed by atoms with Crippen LogP contribution in [0.3, 0.4) is 0 Å². The van der Waals surface area contributed by atoms with Crippen molar-refractivity contribution in [3.63, 3.8) is 0 Å². The van der Waals surface area contributed by atoms with Crippen LogP contribution in [-0.4, -0.2) is 30.6 Å². The van der Waals surface area contributed by atoms with Gasteiger partial charge in [0.1, 0.15) is 11.6 Å². The van der Waals surface area contributed by atoms with Crippen LogP contribution < -0.4 is 10.6 Å². The highest BCUT2D eigenvalue weighted by atomic mass is 19.1. The quantitative estimate of drug-likeness (QED) is 0.777. The van der Waals surface area contributed by atoms with Gasteiger partial charge in [-0.15, -0.1) is 0 Å². The van der Waals surface area contributed by atoms with Gasteiger partial charge < -0.3 is 15.7 Å². The highest BCUT2D eigenvalue weighted by Crippen LogP contribution is 2.19. The molecule has 2 unspecified atom stereocenters. The largest absolute Gasteiger partial charge is 0.507 e. The average molecular weight is 266 g/mol. The van der Waals surface area contributed by atoms with E-state index in [2.05, 4.69) is 17.6 Å². The lowest BCUT2D eigenvalue weighted by Gasteiger charge is -2.29. The number of carbonyl (C=O) groups excluding carboxylic acids is 1. The zero-order valence-electron chi connectivity index (χ0n) is 10.9. The maximum Gasteiger partial charge on any atom is 0.255 e. The van der Waals surface area contributed by atoms with Crippen LogP contribution in [0.25, 0.3) is 0 Å². The number of piperidine rings is 1. The Balaban J connectivity index is 1.95. The molecule has 1 saturated heterocycles. The molecule has 0 radical (unpaired) electrons. The summed E-state index contributed by atoms with van der Waals surface area (Å²) in [5, 5.41) is 15.6. The van der Waals surface area contributed by atoms with Crippen molar-refractivity contribution in [2.75, 3.05) is 19.6 Å². The lowest BCUT2D eigenvalue weighted by atomic mass is 9.88. The third-order valence-electron chi connectivity index (χ3n) is 3.72. The Labute approximate surface area is 112 Å². The summed E-state index contributed by atoms with van der Waals surface area (Å²) in [5.74, 6) is -0.254. The number of carbonyl (C=O) groups is 1. The Hall–Kier alpha value is -1.62. The molecule has 0 saturated carbocycles. The van der Waals surface area contributed by atoms with Gasteiger partial charge in [-0.3, -0.25) is 4.79 Å². The van der Waals surface area contributed by atoms with Gasteiger partial charge in [-0.25, -0.2) is 4.39 Å². The predicted molar refractivity (Wildman–Crippen MR) is 70.5 cm³/mol. The van der Waals surface area contributed by atoms with Crippen molar-refractivity contribution in [3.05, 3.63) is 29.6 Å². The molecule has 1 aromatic carbocycles. The molecule has 0 spiro atoms. The monoisotopic (exact) mass is 266 g/mol. The summed E-state index contributed by atoms with van der Waals surface area (Å²) in [7, 11) is 0. The number of amides is 1. The van der Waals surface area contributed by atoms with Crippen LogP contribution in [0.15, 0.2) is 18.2 Å². The highest BCUT2D eigenvalue weighted by molar-refractivity contribution is 5.96. The van der Waals surface area contributed by atoms with Crippen molar-refractivity contribution in [1.29, 1.82) is 0 Å². The van der Waals surface area contributed by atoms with Gasteiger partial charge in [0.2, 0.25) is 0 Å². The number of aromatic hydroxyl groups is 1. The number of rotatable bonds is 3. The van der Waals surface area contributed by atoms with Crippen molar-refractivity contribution in [2.45, 2.75) is 13.3 Å². The predicted octanol–water partition coefficient (Wildman–Crippen LogP) is 1.51. The molecule has 1 aromatic rings. The van der Waals surface area contributed by atoms with Crippen LogP contribution in [0.5, 0.6) is 5.75 Å². The van der Waals surface area contributed by atoms with Gasteiger partial charge in [0.05, 0.1) is 5.56 Å². The summed E-state index contributed by atoms with van der Waals surface area (Å²) >= 11 is 0. The average Bonchev–Trinajstić information content (AvgIpc) is 2.40. The first-order valence-electron chi connectivity index (χ1n) is 6.55. The Morgan fingerprint density at radius 1 is 1.58 bits per heavy atom. The first kappa shape index (κ1) is 13.8. The van der Waals surface area contributed by atoms with E-state index in [1.165, 1.54) is 6.07 Å². The summed E-state index contributed by atoms with van der Waals surface area (Å²) in [4.78, 5) is 11.9. The van der Waals surface area contributed by atoms with E-state index in [-0.39, 0.29) is 11.3 Å². The number of hydrogen-bond acceptors (Lipinski definition) is 3. The molecule has 0 bridgehead atoms. The molecule has 104 valence electrons. The topological polar surface area (TPSA) is 61.4 Å². The summed E-state index contributed by atoms with van der Waals surface area (Å²) < 4.78 is 13.1. The molecule has 2 rings (SSSR count). The van der Waals surface area contributed by atoms with E-state index >= 15 is 0 Å². The van der Waals surface area contributed by atoms with Crippen molar-refractivity contribution in [1.82, 2.24) is 10.6 Å². The molecule has 0 aliphatic carbocycles. The molecule has 1 heterocycles. The first-order valence-corrected chi connectivity index (χ1v) is 6.55. The van der Waals surface area contributed by atoms with Crippen molar-refractivity contribution < 1.29 is 14.3 Å². The van der Waals surface area contributed by atoms with E-state index in [4.69, 9.17) is 0 Å². The Kier molecular flexibility index (Phi) is 4.37. The Bertz CT molecular complexity index is 465. The minimum Gasteiger partial charge on any atom is -0.507 e. The zero-order valence-corrected chi connectivity index (χ0v) is 10.9. The smallest absolute Gasteiger partial charge is 0.255 e. The fraction of sp³-hybridized carbons (Fsp3) is 0.500. The van der Waals surface area contributed by atoms with Crippen LogP contribution in [0.4, 0.5) is 4.39 Å². The van der Waals surface area contributed by atoms with Gasteiger partial charge in [-0.1, -0.05) is 6.92 Å². The second-order valence-corrected chi connectivity index (χ2v) is 5.10. The standard InChI is InChI=1S/C14H19FN2O2/c1-9-4-5-16-7-10(9)8-17-14(19)12-6-11(15)2-3-13(12)18/h2-3,6,9-10,16,18H,4-5,7-8H2,1H3,(H,17,19). The molecule has 2 atom stereocenters. The van der Waals surface area contributed by atoms with Crippen LogP contribution in [0.2, 0.25) is 0 Å². The molecule has 1 aliphatic rings. The SMILES string of the molecule is CC1CCNCC1CNC(=O)c1cc(F)ccc1O. The minimum absolute atomic E-state index is 0.0172. The zero-order chi connectivity index (χ0) is 13.8. The third kappa shape index (κ3) is 3.44. The van der Waals surface area contributed by atoms with E-state index in [1.807, 2.05) is 0 Å². The number of hydrogen-bond donors (Lipinski definition) is 3. The van der Waals surface area contributed by atoms with Crippen LogP contribution >= 0.6 is 0 Å². The number of nitrogens with one attached hydrogen (secondary N) is 2. The van der Waals surface area contributed by atoms with Gasteiger partial charge >= 0.3 is 0 Å². The summed E-state index contributed by atoms with van der Waals surface area (Å²) in [6.45, 7) is 4.58. The van der Waals surface area contributed by atoms with Crippen LogP contribution in [0, 0.1) is 17.7 Å². The van der Waals surface area contributed by atoms with Crippen molar-refractivity contribution >= 4 is 5.91 Å². The maximum atomic E-state index is 13.1.